The van der Waals surface area contributed by atoms with E-state index >= 15 is 0 Å². The molecular formula is C22H24ClN5O3. The van der Waals surface area contributed by atoms with Crippen LogP contribution >= 0.6 is 11.6 Å². The first-order chi connectivity index (χ1) is 15.1. The normalized spacial score (nSPS) is 14.4. The number of aromatic nitrogens is 2. The zero-order valence-corrected chi connectivity index (χ0v) is 18.1. The second-order valence-electron chi connectivity index (χ2n) is 7.29. The van der Waals surface area contributed by atoms with Crippen molar-refractivity contribution in [2.24, 2.45) is 0 Å². The Hall–Kier alpha value is -3.26. The highest BCUT2D eigenvalue weighted by Crippen LogP contribution is 2.35. The number of hydrogen-bond donors (Lipinski definition) is 2. The Balaban J connectivity index is 1.41. The van der Waals surface area contributed by atoms with Gasteiger partial charge in [0.25, 0.3) is 0 Å². The van der Waals surface area contributed by atoms with Crippen LogP contribution in [-0.4, -0.2) is 49.4 Å². The summed E-state index contributed by atoms with van der Waals surface area (Å²) < 4.78 is 10.8. The fourth-order valence-electron chi connectivity index (χ4n) is 3.74. The highest BCUT2D eigenvalue weighted by atomic mass is 35.5. The molecule has 2 N–H and O–H groups in total. The molecule has 0 bridgehead atoms. The number of nitrogens with one attached hydrogen (secondary N) is 2. The summed E-state index contributed by atoms with van der Waals surface area (Å²) in [6.45, 7) is 1.54. The van der Waals surface area contributed by atoms with Crippen LogP contribution in [0.3, 0.4) is 0 Å². The second-order valence-corrected chi connectivity index (χ2v) is 7.72. The number of anilines is 2. The van der Waals surface area contributed by atoms with E-state index in [0.29, 0.717) is 22.2 Å². The van der Waals surface area contributed by atoms with E-state index in [-0.39, 0.29) is 12.1 Å². The lowest BCUT2D eigenvalue weighted by molar-refractivity contribution is 0.246. The number of halogens is 1. The smallest absolute Gasteiger partial charge is 0.319 e. The summed E-state index contributed by atoms with van der Waals surface area (Å²) in [5.41, 5.74) is 1.50. The van der Waals surface area contributed by atoms with E-state index in [9.17, 15) is 4.79 Å². The van der Waals surface area contributed by atoms with Crippen LogP contribution in [0.25, 0.3) is 10.9 Å². The molecule has 162 valence electrons. The summed E-state index contributed by atoms with van der Waals surface area (Å²) >= 11 is 5.88. The van der Waals surface area contributed by atoms with Gasteiger partial charge in [-0.1, -0.05) is 11.6 Å². The number of amides is 2. The molecule has 1 aliphatic heterocycles. The Bertz CT molecular complexity index is 1070. The zero-order valence-electron chi connectivity index (χ0n) is 17.4. The van der Waals surface area contributed by atoms with Gasteiger partial charge in [-0.15, -0.1) is 0 Å². The van der Waals surface area contributed by atoms with Crippen molar-refractivity contribution in [1.82, 2.24) is 15.3 Å². The summed E-state index contributed by atoms with van der Waals surface area (Å²) in [5, 5.41) is 7.42. The van der Waals surface area contributed by atoms with Crippen molar-refractivity contribution in [3.05, 3.63) is 47.7 Å². The lowest BCUT2D eigenvalue weighted by atomic mass is 10.0. The van der Waals surface area contributed by atoms with E-state index in [1.807, 2.05) is 12.1 Å². The van der Waals surface area contributed by atoms with Crippen LogP contribution in [0, 0.1) is 0 Å². The SMILES string of the molecule is COc1cc2ncnc(N3CCC(NC(=O)Nc4ccc(Cl)cc4)CC3)c2cc1OC. The number of rotatable bonds is 5. The van der Waals surface area contributed by atoms with Crippen LogP contribution in [0.2, 0.25) is 5.02 Å². The van der Waals surface area contributed by atoms with Gasteiger partial charge in [-0.3, -0.25) is 0 Å². The summed E-state index contributed by atoms with van der Waals surface area (Å²) in [4.78, 5) is 23.4. The first-order valence-corrected chi connectivity index (χ1v) is 10.4. The van der Waals surface area contributed by atoms with E-state index in [0.717, 1.165) is 42.7 Å². The standard InChI is InChI=1S/C22H24ClN5O3/c1-30-19-11-17-18(12-20(19)31-2)24-13-25-21(17)28-9-7-16(8-10-28)27-22(29)26-15-5-3-14(23)4-6-15/h3-6,11-13,16H,7-10H2,1-2H3,(H2,26,27,29). The lowest BCUT2D eigenvalue weighted by Crippen LogP contribution is -2.46. The summed E-state index contributed by atoms with van der Waals surface area (Å²) in [6, 6.07) is 10.7. The number of urea groups is 1. The van der Waals surface area contributed by atoms with Crippen molar-refractivity contribution in [2.75, 3.05) is 37.5 Å². The van der Waals surface area contributed by atoms with Crippen LogP contribution in [0.15, 0.2) is 42.7 Å². The number of fused-ring (bicyclic) bond motifs is 1. The van der Waals surface area contributed by atoms with Crippen molar-refractivity contribution in [3.63, 3.8) is 0 Å². The third kappa shape index (κ3) is 4.74. The average molecular weight is 442 g/mol. The van der Waals surface area contributed by atoms with Gasteiger partial charge in [0.1, 0.15) is 12.1 Å². The third-order valence-corrected chi connectivity index (χ3v) is 5.60. The van der Waals surface area contributed by atoms with Crippen LogP contribution in [0.1, 0.15) is 12.8 Å². The fraction of sp³-hybridized carbons (Fsp3) is 0.318. The number of hydrogen-bond acceptors (Lipinski definition) is 6. The van der Waals surface area contributed by atoms with E-state index in [4.69, 9.17) is 21.1 Å². The molecule has 0 radical (unpaired) electrons. The van der Waals surface area contributed by atoms with Crippen molar-refractivity contribution >= 4 is 40.0 Å². The molecule has 9 heteroatoms. The number of nitrogens with zero attached hydrogens (tertiary/aromatic N) is 3. The van der Waals surface area contributed by atoms with Crippen molar-refractivity contribution in [1.29, 1.82) is 0 Å². The maximum atomic E-state index is 12.3. The van der Waals surface area contributed by atoms with Gasteiger partial charge in [-0.05, 0) is 43.2 Å². The Morgan fingerprint density at radius 2 is 1.74 bits per heavy atom. The number of piperidine rings is 1. The predicted octanol–water partition coefficient (Wildman–Crippen LogP) is 4.09. The molecule has 8 nitrogen and oxygen atoms in total. The lowest BCUT2D eigenvalue weighted by Gasteiger charge is -2.33. The monoisotopic (exact) mass is 441 g/mol. The molecular weight excluding hydrogens is 418 g/mol. The molecule has 3 aromatic rings. The first kappa shape index (κ1) is 21.0. The minimum Gasteiger partial charge on any atom is -0.493 e. The molecule has 1 aromatic heterocycles. The second kappa shape index (κ2) is 9.26. The van der Waals surface area contributed by atoms with Gasteiger partial charge < -0.3 is 25.0 Å². The number of benzene rings is 2. The van der Waals surface area contributed by atoms with Gasteiger partial charge in [-0.2, -0.15) is 0 Å². The van der Waals surface area contributed by atoms with Gasteiger partial charge in [-0.25, -0.2) is 14.8 Å². The van der Waals surface area contributed by atoms with E-state index in [1.54, 1.807) is 44.8 Å². The van der Waals surface area contributed by atoms with Crippen LogP contribution in [-0.2, 0) is 0 Å². The molecule has 1 aliphatic rings. The molecule has 2 amide bonds. The molecule has 1 saturated heterocycles. The van der Waals surface area contributed by atoms with E-state index in [2.05, 4.69) is 25.5 Å². The van der Waals surface area contributed by atoms with Crippen molar-refractivity contribution in [3.8, 4) is 11.5 Å². The fourth-order valence-corrected chi connectivity index (χ4v) is 3.87. The minimum atomic E-state index is -0.218. The molecule has 0 saturated carbocycles. The highest BCUT2D eigenvalue weighted by molar-refractivity contribution is 6.30. The highest BCUT2D eigenvalue weighted by Gasteiger charge is 2.23. The zero-order chi connectivity index (χ0) is 21.8. The number of ether oxygens (including phenoxy) is 2. The molecule has 31 heavy (non-hydrogen) atoms. The van der Waals surface area contributed by atoms with Crippen LogP contribution < -0.4 is 25.0 Å². The molecule has 0 atom stereocenters. The van der Waals surface area contributed by atoms with Gasteiger partial charge in [0, 0.05) is 41.3 Å². The summed E-state index contributed by atoms with van der Waals surface area (Å²) in [7, 11) is 3.21. The first-order valence-electron chi connectivity index (χ1n) is 10.0. The predicted molar refractivity (Wildman–Crippen MR) is 121 cm³/mol. The maximum Gasteiger partial charge on any atom is 0.319 e. The van der Waals surface area contributed by atoms with Crippen LogP contribution in [0.5, 0.6) is 11.5 Å². The number of methoxy groups -OCH3 is 2. The molecule has 1 fully saturated rings. The topological polar surface area (TPSA) is 88.6 Å². The van der Waals surface area contributed by atoms with Gasteiger partial charge in [0.05, 0.1) is 19.7 Å². The minimum absolute atomic E-state index is 0.0891. The average Bonchev–Trinajstić information content (AvgIpc) is 2.79. The summed E-state index contributed by atoms with van der Waals surface area (Å²) in [6.07, 6.45) is 3.19. The van der Waals surface area contributed by atoms with Gasteiger partial charge in [0.2, 0.25) is 0 Å². The third-order valence-electron chi connectivity index (χ3n) is 5.35. The molecule has 2 heterocycles. The van der Waals surface area contributed by atoms with Gasteiger partial charge >= 0.3 is 6.03 Å². The Kier molecular flexibility index (Phi) is 6.27. The Morgan fingerprint density at radius 1 is 1.06 bits per heavy atom. The van der Waals surface area contributed by atoms with Crippen LogP contribution in [0.4, 0.5) is 16.3 Å². The molecule has 0 unspecified atom stereocenters. The van der Waals surface area contributed by atoms with E-state index < -0.39 is 0 Å². The largest absolute Gasteiger partial charge is 0.493 e. The van der Waals surface area contributed by atoms with Crippen molar-refractivity contribution in [2.45, 2.75) is 18.9 Å². The maximum absolute atomic E-state index is 12.3. The number of carbonyl (C=O) groups is 1. The molecule has 2 aromatic carbocycles. The molecule has 0 spiro atoms. The summed E-state index contributed by atoms with van der Waals surface area (Å²) in [5.74, 6) is 2.13. The van der Waals surface area contributed by atoms with Crippen molar-refractivity contribution < 1.29 is 14.3 Å². The molecule has 0 aliphatic carbocycles. The molecule has 4 rings (SSSR count). The quantitative estimate of drug-likeness (QED) is 0.620. The Labute approximate surface area is 185 Å². The Morgan fingerprint density at radius 3 is 2.42 bits per heavy atom. The number of carbonyl (C=O) groups excluding carboxylic acids is 1. The van der Waals surface area contributed by atoms with E-state index in [1.165, 1.54) is 0 Å². The van der Waals surface area contributed by atoms with Gasteiger partial charge in [0.15, 0.2) is 11.5 Å².